The lowest BCUT2D eigenvalue weighted by molar-refractivity contribution is 0.103. The number of hydrogen-bond acceptors (Lipinski definition) is 2. The first-order chi connectivity index (χ1) is 9.45. The van der Waals surface area contributed by atoms with Gasteiger partial charge in [0.05, 0.1) is 12.7 Å². The van der Waals surface area contributed by atoms with Crippen molar-refractivity contribution in [2.24, 2.45) is 0 Å². The van der Waals surface area contributed by atoms with Crippen LogP contribution in [0.1, 0.15) is 27.0 Å². The fraction of sp³-hybridized carbons (Fsp3) is 0.188. The number of benzene rings is 2. The van der Waals surface area contributed by atoms with Crippen molar-refractivity contribution < 1.29 is 9.53 Å². The summed E-state index contributed by atoms with van der Waals surface area (Å²) in [4.78, 5) is 12.7. The van der Waals surface area contributed by atoms with E-state index in [1.807, 2.05) is 44.2 Å². The number of carbonyl (C=O) groups is 1. The average molecular weight is 398 g/mol. The Morgan fingerprint density at radius 3 is 2.25 bits per heavy atom. The van der Waals surface area contributed by atoms with Crippen LogP contribution in [0.4, 0.5) is 0 Å². The van der Waals surface area contributed by atoms with Crippen molar-refractivity contribution in [3.05, 3.63) is 61.5 Å². The predicted molar refractivity (Wildman–Crippen MR) is 87.7 cm³/mol. The Morgan fingerprint density at radius 1 is 1.10 bits per heavy atom. The summed E-state index contributed by atoms with van der Waals surface area (Å²) in [5.74, 6) is 0.606. The summed E-state index contributed by atoms with van der Waals surface area (Å²) in [6.45, 7) is 3.85. The van der Waals surface area contributed by atoms with Gasteiger partial charge in [0.1, 0.15) is 5.75 Å². The summed E-state index contributed by atoms with van der Waals surface area (Å²) >= 11 is 6.87. The van der Waals surface area contributed by atoms with Crippen LogP contribution in [0.5, 0.6) is 5.75 Å². The fourth-order valence-corrected chi connectivity index (χ4v) is 2.94. The third-order valence-corrected chi connectivity index (χ3v) is 4.55. The van der Waals surface area contributed by atoms with Crippen LogP contribution in [0, 0.1) is 13.8 Å². The minimum absolute atomic E-state index is 0.0312. The molecule has 0 fully saturated rings. The molecule has 104 valence electrons. The molecule has 0 aromatic heterocycles. The molecule has 0 saturated heterocycles. The van der Waals surface area contributed by atoms with E-state index in [1.165, 1.54) is 0 Å². The fourth-order valence-electron chi connectivity index (χ4n) is 2.13. The summed E-state index contributed by atoms with van der Waals surface area (Å²) in [6.07, 6.45) is 0. The highest BCUT2D eigenvalue weighted by Crippen LogP contribution is 2.34. The van der Waals surface area contributed by atoms with Gasteiger partial charge in [-0.2, -0.15) is 0 Å². The lowest BCUT2D eigenvalue weighted by Gasteiger charge is -2.15. The average Bonchev–Trinajstić information content (AvgIpc) is 2.42. The molecule has 2 rings (SSSR count). The first-order valence-corrected chi connectivity index (χ1v) is 7.68. The maximum atomic E-state index is 12.7. The Balaban J connectivity index is 2.62. The van der Waals surface area contributed by atoms with Gasteiger partial charge >= 0.3 is 0 Å². The van der Waals surface area contributed by atoms with Crippen LogP contribution in [0.3, 0.4) is 0 Å². The first-order valence-electron chi connectivity index (χ1n) is 6.09. The van der Waals surface area contributed by atoms with E-state index in [4.69, 9.17) is 4.74 Å². The van der Waals surface area contributed by atoms with E-state index in [0.29, 0.717) is 16.9 Å². The van der Waals surface area contributed by atoms with Crippen LogP contribution < -0.4 is 4.74 Å². The van der Waals surface area contributed by atoms with E-state index >= 15 is 0 Å². The highest BCUT2D eigenvalue weighted by molar-refractivity contribution is 9.10. The molecule has 0 amide bonds. The standard InChI is InChI=1S/C16H14Br2O2/c1-9-8-13(18)10(2)14(16(9)20-3)15(19)11-4-6-12(17)7-5-11/h4-8H,1-3H3. The Hall–Kier alpha value is -1.13. The van der Waals surface area contributed by atoms with Crippen molar-refractivity contribution in [3.8, 4) is 5.75 Å². The van der Waals surface area contributed by atoms with Crippen molar-refractivity contribution in [1.29, 1.82) is 0 Å². The second-order valence-electron chi connectivity index (χ2n) is 4.54. The molecule has 0 spiro atoms. The zero-order valence-corrected chi connectivity index (χ0v) is 14.6. The van der Waals surface area contributed by atoms with Gasteiger partial charge in [-0.15, -0.1) is 0 Å². The summed E-state index contributed by atoms with van der Waals surface area (Å²) in [6, 6.07) is 9.30. The van der Waals surface area contributed by atoms with Gasteiger partial charge in [0.2, 0.25) is 0 Å². The van der Waals surface area contributed by atoms with Crippen LogP contribution in [0.25, 0.3) is 0 Å². The third-order valence-electron chi connectivity index (χ3n) is 3.20. The van der Waals surface area contributed by atoms with Crippen molar-refractivity contribution in [1.82, 2.24) is 0 Å². The molecule has 2 aromatic rings. The van der Waals surface area contributed by atoms with Crippen molar-refractivity contribution >= 4 is 37.6 Å². The molecule has 0 bridgehead atoms. The smallest absolute Gasteiger partial charge is 0.197 e. The number of ketones is 1. The highest BCUT2D eigenvalue weighted by atomic mass is 79.9. The topological polar surface area (TPSA) is 26.3 Å². The lowest BCUT2D eigenvalue weighted by atomic mass is 9.96. The molecule has 0 aliphatic rings. The molecular weight excluding hydrogens is 384 g/mol. The van der Waals surface area contributed by atoms with Gasteiger partial charge in [0.25, 0.3) is 0 Å². The second kappa shape index (κ2) is 6.10. The van der Waals surface area contributed by atoms with E-state index < -0.39 is 0 Å². The molecule has 2 aromatic carbocycles. The van der Waals surface area contributed by atoms with E-state index in [9.17, 15) is 4.79 Å². The zero-order chi connectivity index (χ0) is 14.9. The predicted octanol–water partition coefficient (Wildman–Crippen LogP) is 5.07. The van der Waals surface area contributed by atoms with Gasteiger partial charge < -0.3 is 4.74 Å². The van der Waals surface area contributed by atoms with Crippen LogP contribution in [0.2, 0.25) is 0 Å². The molecule has 20 heavy (non-hydrogen) atoms. The summed E-state index contributed by atoms with van der Waals surface area (Å²) in [5, 5.41) is 0. The van der Waals surface area contributed by atoms with E-state index in [0.717, 1.165) is 20.1 Å². The Labute approximate surface area is 135 Å². The quantitative estimate of drug-likeness (QED) is 0.676. The normalized spacial score (nSPS) is 10.4. The van der Waals surface area contributed by atoms with Crippen molar-refractivity contribution in [3.63, 3.8) is 0 Å². The number of aryl methyl sites for hydroxylation is 1. The molecule has 0 saturated carbocycles. The molecule has 0 atom stereocenters. The number of ether oxygens (including phenoxy) is 1. The molecule has 0 radical (unpaired) electrons. The minimum Gasteiger partial charge on any atom is -0.496 e. The highest BCUT2D eigenvalue weighted by Gasteiger charge is 2.20. The van der Waals surface area contributed by atoms with Crippen molar-refractivity contribution in [2.75, 3.05) is 7.11 Å². The Kier molecular flexibility index (Phi) is 4.66. The van der Waals surface area contributed by atoms with Gasteiger partial charge in [-0.05, 0) is 55.3 Å². The molecule has 0 N–H and O–H groups in total. The van der Waals surface area contributed by atoms with Crippen molar-refractivity contribution in [2.45, 2.75) is 13.8 Å². The summed E-state index contributed by atoms with van der Waals surface area (Å²) < 4.78 is 7.29. The van der Waals surface area contributed by atoms with Crippen LogP contribution in [-0.4, -0.2) is 12.9 Å². The molecule has 0 unspecified atom stereocenters. The Morgan fingerprint density at radius 2 is 1.70 bits per heavy atom. The van der Waals surface area contributed by atoms with Gasteiger partial charge in [-0.1, -0.05) is 31.9 Å². The van der Waals surface area contributed by atoms with E-state index in [1.54, 1.807) is 7.11 Å². The van der Waals surface area contributed by atoms with Gasteiger partial charge in [0.15, 0.2) is 5.78 Å². The number of rotatable bonds is 3. The minimum atomic E-state index is -0.0312. The molecule has 4 heteroatoms. The lowest BCUT2D eigenvalue weighted by Crippen LogP contribution is -2.08. The summed E-state index contributed by atoms with van der Waals surface area (Å²) in [5.41, 5.74) is 3.08. The third kappa shape index (κ3) is 2.81. The molecule has 2 nitrogen and oxygen atoms in total. The Bertz CT molecular complexity index is 661. The van der Waals surface area contributed by atoms with Crippen LogP contribution >= 0.6 is 31.9 Å². The molecule has 0 aliphatic heterocycles. The molecule has 0 heterocycles. The maximum Gasteiger partial charge on any atom is 0.197 e. The zero-order valence-electron chi connectivity index (χ0n) is 11.5. The first kappa shape index (κ1) is 15.3. The SMILES string of the molecule is COc1c(C)cc(Br)c(C)c1C(=O)c1ccc(Br)cc1. The van der Waals surface area contributed by atoms with Gasteiger partial charge in [-0.25, -0.2) is 0 Å². The summed E-state index contributed by atoms with van der Waals surface area (Å²) in [7, 11) is 1.59. The van der Waals surface area contributed by atoms with Crippen LogP contribution in [0.15, 0.2) is 39.3 Å². The number of hydrogen-bond donors (Lipinski definition) is 0. The number of carbonyl (C=O) groups excluding carboxylic acids is 1. The van der Waals surface area contributed by atoms with Crippen LogP contribution in [-0.2, 0) is 0 Å². The maximum absolute atomic E-state index is 12.7. The van der Waals surface area contributed by atoms with E-state index in [2.05, 4.69) is 31.9 Å². The number of halogens is 2. The van der Waals surface area contributed by atoms with E-state index in [-0.39, 0.29) is 5.78 Å². The molecular formula is C16H14Br2O2. The number of methoxy groups -OCH3 is 1. The largest absolute Gasteiger partial charge is 0.496 e. The van der Waals surface area contributed by atoms with Gasteiger partial charge in [-0.3, -0.25) is 4.79 Å². The van der Waals surface area contributed by atoms with Gasteiger partial charge in [0, 0.05) is 14.5 Å². The second-order valence-corrected chi connectivity index (χ2v) is 6.31. The monoisotopic (exact) mass is 396 g/mol. The molecule has 0 aliphatic carbocycles.